The van der Waals surface area contributed by atoms with E-state index in [1.165, 1.54) is 0 Å². The van der Waals surface area contributed by atoms with Gasteiger partial charge in [0.05, 0.1) is 12.1 Å². The van der Waals surface area contributed by atoms with Crippen molar-refractivity contribution in [2.24, 2.45) is 11.0 Å². The van der Waals surface area contributed by atoms with Gasteiger partial charge in [0, 0.05) is 29.2 Å². The molecule has 1 N–H and O–H groups in total. The lowest BCUT2D eigenvalue weighted by Gasteiger charge is -2.17. The van der Waals surface area contributed by atoms with E-state index in [1.807, 2.05) is 80.6 Å². The van der Waals surface area contributed by atoms with Crippen molar-refractivity contribution in [3.8, 4) is 5.75 Å². The molecule has 0 bridgehead atoms. The molecule has 0 spiro atoms. The number of nitrogens with one attached hydrogen (secondary N) is 1. The molecule has 0 saturated carbocycles. The molecule has 3 aromatic carbocycles. The molecule has 7 heteroatoms. The van der Waals surface area contributed by atoms with E-state index < -0.39 is 5.92 Å². The van der Waals surface area contributed by atoms with Gasteiger partial charge in [-0.05, 0) is 60.9 Å². The molecule has 3 aromatic rings. The molecule has 0 radical (unpaired) electrons. The number of hydrazone groups is 1. The zero-order chi connectivity index (χ0) is 24.1. The zero-order valence-corrected chi connectivity index (χ0v) is 19.9. The summed E-state index contributed by atoms with van der Waals surface area (Å²) in [6, 6.07) is 20.8. The van der Waals surface area contributed by atoms with Gasteiger partial charge < -0.3 is 9.64 Å². The van der Waals surface area contributed by atoms with Gasteiger partial charge in [0.25, 0.3) is 0 Å². The fourth-order valence-corrected chi connectivity index (χ4v) is 3.94. The molecule has 1 aliphatic rings. The maximum atomic E-state index is 12.6. The number of carbonyl (C=O) groups excluding carboxylic acids is 2. The third-order valence-corrected chi connectivity index (χ3v) is 6.27. The normalized spacial score (nSPS) is 15.7. The molecule has 0 unspecified atom stereocenters. The molecule has 34 heavy (non-hydrogen) atoms. The third-order valence-electron chi connectivity index (χ3n) is 5.90. The number of hydrogen-bond donors (Lipinski definition) is 1. The largest absolute Gasteiger partial charge is 0.489 e. The fourth-order valence-electron chi connectivity index (χ4n) is 3.75. The minimum atomic E-state index is -0.448. The Labute approximate surface area is 204 Å². The minimum absolute atomic E-state index is 0.0595. The number of amides is 2. The average Bonchev–Trinajstić information content (AvgIpc) is 3.22. The van der Waals surface area contributed by atoms with Gasteiger partial charge in [-0.15, -0.1) is 0 Å². The number of ether oxygens (including phenoxy) is 1. The smallest absolute Gasteiger partial charge is 0.245 e. The third kappa shape index (κ3) is 5.64. The van der Waals surface area contributed by atoms with Crippen LogP contribution in [0.2, 0.25) is 5.02 Å². The molecule has 0 aromatic heterocycles. The van der Waals surface area contributed by atoms with Crippen molar-refractivity contribution < 1.29 is 14.3 Å². The van der Waals surface area contributed by atoms with Crippen molar-refractivity contribution in [2.45, 2.75) is 26.9 Å². The van der Waals surface area contributed by atoms with Crippen LogP contribution in [0.1, 0.15) is 28.7 Å². The average molecular weight is 476 g/mol. The Morgan fingerprint density at radius 3 is 2.74 bits per heavy atom. The number of benzene rings is 3. The monoisotopic (exact) mass is 475 g/mol. The van der Waals surface area contributed by atoms with E-state index in [2.05, 4.69) is 10.5 Å². The van der Waals surface area contributed by atoms with Crippen LogP contribution in [0.25, 0.3) is 0 Å². The van der Waals surface area contributed by atoms with E-state index in [1.54, 1.807) is 11.1 Å². The highest BCUT2D eigenvalue weighted by Gasteiger charge is 2.35. The van der Waals surface area contributed by atoms with E-state index in [0.717, 1.165) is 27.9 Å². The number of halogens is 1. The van der Waals surface area contributed by atoms with E-state index in [9.17, 15) is 9.59 Å². The molecule has 2 amide bonds. The summed E-state index contributed by atoms with van der Waals surface area (Å²) in [6.07, 6.45) is 1.72. The standard InChI is InChI=1S/C27H26ClN3O3/c1-18-10-11-23(12-19(18)2)31-16-22(14-26(31)32)27(33)30-29-15-20-6-5-8-24(13-20)34-17-21-7-3-4-9-25(21)28/h3-13,15,22H,14,16-17H2,1-2H3,(H,30,33)/b29-15-/t22-/m1/s1. The number of rotatable bonds is 7. The summed E-state index contributed by atoms with van der Waals surface area (Å²) in [5, 5.41) is 4.73. The van der Waals surface area contributed by atoms with Crippen molar-refractivity contribution in [1.82, 2.24) is 5.43 Å². The van der Waals surface area contributed by atoms with Crippen molar-refractivity contribution in [3.05, 3.63) is 94.0 Å². The molecular formula is C27H26ClN3O3. The second kappa shape index (κ2) is 10.5. The molecule has 6 nitrogen and oxygen atoms in total. The topological polar surface area (TPSA) is 71.0 Å². The van der Waals surface area contributed by atoms with Crippen molar-refractivity contribution in [2.75, 3.05) is 11.4 Å². The highest BCUT2D eigenvalue weighted by molar-refractivity contribution is 6.31. The summed E-state index contributed by atoms with van der Waals surface area (Å²) >= 11 is 6.17. The van der Waals surface area contributed by atoms with E-state index >= 15 is 0 Å². The second-order valence-corrected chi connectivity index (χ2v) is 8.77. The first-order valence-electron chi connectivity index (χ1n) is 11.1. The van der Waals surface area contributed by atoms with Crippen LogP contribution in [0, 0.1) is 19.8 Å². The Morgan fingerprint density at radius 2 is 1.94 bits per heavy atom. The maximum absolute atomic E-state index is 12.6. The molecular weight excluding hydrogens is 450 g/mol. The number of carbonyl (C=O) groups is 2. The van der Waals surface area contributed by atoms with E-state index in [-0.39, 0.29) is 18.2 Å². The lowest BCUT2D eigenvalue weighted by Crippen LogP contribution is -2.30. The Morgan fingerprint density at radius 1 is 1.12 bits per heavy atom. The first-order chi connectivity index (χ1) is 16.4. The lowest BCUT2D eigenvalue weighted by molar-refractivity contribution is -0.126. The van der Waals surface area contributed by atoms with Crippen LogP contribution < -0.4 is 15.1 Å². The summed E-state index contributed by atoms with van der Waals surface area (Å²) in [7, 11) is 0. The van der Waals surface area contributed by atoms with Crippen LogP contribution >= 0.6 is 11.6 Å². The van der Waals surface area contributed by atoms with Gasteiger partial charge in [0.2, 0.25) is 11.8 Å². The summed E-state index contributed by atoms with van der Waals surface area (Å²) in [5.41, 5.74) is 7.33. The maximum Gasteiger partial charge on any atom is 0.245 e. The molecule has 174 valence electrons. The quantitative estimate of drug-likeness (QED) is 0.384. The SMILES string of the molecule is Cc1ccc(N2C[C@H](C(=O)N/N=C\c3cccc(OCc4ccccc4Cl)c3)CC2=O)cc1C. The highest BCUT2D eigenvalue weighted by Crippen LogP contribution is 2.27. The van der Waals surface area contributed by atoms with Crippen LogP contribution in [0.3, 0.4) is 0 Å². The first-order valence-corrected chi connectivity index (χ1v) is 11.5. The molecule has 4 rings (SSSR count). The number of anilines is 1. The van der Waals surface area contributed by atoms with Gasteiger partial charge in [-0.1, -0.05) is 48.0 Å². The van der Waals surface area contributed by atoms with Crippen molar-refractivity contribution in [1.29, 1.82) is 0 Å². The summed E-state index contributed by atoms with van der Waals surface area (Å²) in [5.74, 6) is -0.116. The summed E-state index contributed by atoms with van der Waals surface area (Å²) < 4.78 is 5.83. The molecule has 1 heterocycles. The van der Waals surface area contributed by atoms with Crippen LogP contribution in [0.15, 0.2) is 71.8 Å². The van der Waals surface area contributed by atoms with Gasteiger partial charge >= 0.3 is 0 Å². The molecule has 1 atom stereocenters. The minimum Gasteiger partial charge on any atom is -0.489 e. The predicted molar refractivity (Wildman–Crippen MR) is 134 cm³/mol. The van der Waals surface area contributed by atoms with Gasteiger partial charge in [-0.3, -0.25) is 9.59 Å². The molecule has 1 saturated heterocycles. The first kappa shape index (κ1) is 23.5. The van der Waals surface area contributed by atoms with Gasteiger partial charge in [0.15, 0.2) is 0 Å². The lowest BCUT2D eigenvalue weighted by atomic mass is 10.1. The number of aryl methyl sites for hydroxylation is 2. The van der Waals surface area contributed by atoms with Gasteiger partial charge in [0.1, 0.15) is 12.4 Å². The fraction of sp³-hybridized carbons (Fsp3) is 0.222. The van der Waals surface area contributed by atoms with E-state index in [0.29, 0.717) is 23.9 Å². The van der Waals surface area contributed by atoms with Crippen LogP contribution in [-0.2, 0) is 16.2 Å². The number of nitrogens with zero attached hydrogens (tertiary/aromatic N) is 2. The van der Waals surface area contributed by atoms with Crippen molar-refractivity contribution in [3.63, 3.8) is 0 Å². The van der Waals surface area contributed by atoms with Crippen LogP contribution in [0.5, 0.6) is 5.75 Å². The Balaban J connectivity index is 1.32. The Hall–Kier alpha value is -3.64. The molecule has 0 aliphatic carbocycles. The van der Waals surface area contributed by atoms with E-state index in [4.69, 9.17) is 16.3 Å². The molecule has 1 fully saturated rings. The van der Waals surface area contributed by atoms with Crippen LogP contribution in [0.4, 0.5) is 5.69 Å². The Bertz CT molecular complexity index is 1240. The molecule has 1 aliphatic heterocycles. The summed E-state index contributed by atoms with van der Waals surface area (Å²) in [4.78, 5) is 26.8. The van der Waals surface area contributed by atoms with Gasteiger partial charge in [-0.25, -0.2) is 5.43 Å². The zero-order valence-electron chi connectivity index (χ0n) is 19.1. The summed E-state index contributed by atoms with van der Waals surface area (Å²) in [6.45, 7) is 4.73. The number of hydrogen-bond acceptors (Lipinski definition) is 4. The predicted octanol–water partition coefficient (Wildman–Crippen LogP) is 5.04. The Kier molecular flexibility index (Phi) is 7.28. The van der Waals surface area contributed by atoms with Crippen LogP contribution in [-0.4, -0.2) is 24.6 Å². The van der Waals surface area contributed by atoms with Gasteiger partial charge in [-0.2, -0.15) is 5.10 Å². The van der Waals surface area contributed by atoms with Crippen molar-refractivity contribution >= 4 is 35.3 Å². The highest BCUT2D eigenvalue weighted by atomic mass is 35.5. The second-order valence-electron chi connectivity index (χ2n) is 8.36.